The lowest BCUT2D eigenvalue weighted by Crippen LogP contribution is -2.60. The average molecular weight is 400 g/mol. The number of hydrogen-bond donors (Lipinski definition) is 4. The van der Waals surface area contributed by atoms with Gasteiger partial charge in [-0.15, -0.1) is 6.42 Å². The minimum atomic E-state index is -1.52. The van der Waals surface area contributed by atoms with Crippen LogP contribution in [0.4, 0.5) is 0 Å². The van der Waals surface area contributed by atoms with Gasteiger partial charge in [0.05, 0.1) is 13.7 Å². The zero-order chi connectivity index (χ0) is 21.0. The molecule has 7 heteroatoms. The molecule has 1 heterocycles. The van der Waals surface area contributed by atoms with Crippen LogP contribution in [0.3, 0.4) is 0 Å². The van der Waals surface area contributed by atoms with E-state index in [9.17, 15) is 20.4 Å². The van der Waals surface area contributed by atoms with E-state index in [1.165, 1.54) is 0 Å². The van der Waals surface area contributed by atoms with Crippen molar-refractivity contribution in [1.82, 2.24) is 0 Å². The molecule has 0 spiro atoms. The van der Waals surface area contributed by atoms with E-state index < -0.39 is 37.3 Å². The number of methoxy groups -OCH3 is 1. The highest BCUT2D eigenvalue weighted by molar-refractivity contribution is 5.50. The molecule has 1 saturated heterocycles. The van der Waals surface area contributed by atoms with Crippen molar-refractivity contribution >= 4 is 0 Å². The Hall–Kier alpha value is -2.60. The number of aliphatic hydroxyl groups excluding tert-OH is 4. The highest BCUT2D eigenvalue weighted by atomic mass is 16.7. The van der Waals surface area contributed by atoms with Gasteiger partial charge in [-0.25, -0.2) is 0 Å². The van der Waals surface area contributed by atoms with Gasteiger partial charge in [0.25, 0.3) is 0 Å². The van der Waals surface area contributed by atoms with Gasteiger partial charge >= 0.3 is 0 Å². The Morgan fingerprint density at radius 3 is 2.38 bits per heavy atom. The van der Waals surface area contributed by atoms with E-state index in [4.69, 9.17) is 20.6 Å². The van der Waals surface area contributed by atoms with Crippen LogP contribution in [0.2, 0.25) is 0 Å². The smallest absolute Gasteiger partial charge is 0.229 e. The molecule has 0 unspecified atom stereocenters. The van der Waals surface area contributed by atoms with Crippen molar-refractivity contribution in [2.45, 2.75) is 37.1 Å². The SMILES string of the molecule is C#Cc1cccc(O[C@@H]2O[C@H](CO)[C@@H](O)[C@H](O)[C@H]2O)c1Cc1ccc(OC)cc1. The molecule has 1 aliphatic rings. The van der Waals surface area contributed by atoms with Crippen molar-refractivity contribution in [2.24, 2.45) is 0 Å². The number of benzene rings is 2. The van der Waals surface area contributed by atoms with Crippen LogP contribution in [0.5, 0.6) is 11.5 Å². The van der Waals surface area contributed by atoms with E-state index in [0.717, 1.165) is 11.3 Å². The third-order valence-corrected chi connectivity index (χ3v) is 4.92. The fourth-order valence-electron chi connectivity index (χ4n) is 3.23. The molecule has 0 bridgehead atoms. The Balaban J connectivity index is 1.88. The van der Waals surface area contributed by atoms with Gasteiger partial charge in [-0.3, -0.25) is 0 Å². The third kappa shape index (κ3) is 4.53. The molecular formula is C22H24O7. The summed E-state index contributed by atoms with van der Waals surface area (Å²) >= 11 is 0. The summed E-state index contributed by atoms with van der Waals surface area (Å²) in [6, 6.07) is 12.7. The number of ether oxygens (including phenoxy) is 3. The molecule has 2 aromatic rings. The van der Waals surface area contributed by atoms with Gasteiger partial charge in [0.1, 0.15) is 35.9 Å². The third-order valence-electron chi connectivity index (χ3n) is 4.92. The van der Waals surface area contributed by atoms with E-state index >= 15 is 0 Å². The van der Waals surface area contributed by atoms with Crippen LogP contribution >= 0.6 is 0 Å². The monoisotopic (exact) mass is 400 g/mol. The molecule has 7 nitrogen and oxygen atoms in total. The topological polar surface area (TPSA) is 109 Å². The quantitative estimate of drug-likeness (QED) is 0.521. The predicted octanol–water partition coefficient (Wildman–Crippen LogP) is 0.446. The second kappa shape index (κ2) is 9.27. The maximum atomic E-state index is 10.3. The summed E-state index contributed by atoms with van der Waals surface area (Å²) in [4.78, 5) is 0. The predicted molar refractivity (Wildman–Crippen MR) is 105 cm³/mol. The second-order valence-corrected chi connectivity index (χ2v) is 6.77. The first kappa shape index (κ1) is 21.1. The Kier molecular flexibility index (Phi) is 6.75. The first-order valence-corrected chi connectivity index (χ1v) is 9.17. The van der Waals surface area contributed by atoms with Gasteiger partial charge in [0, 0.05) is 17.5 Å². The molecule has 0 amide bonds. The summed E-state index contributed by atoms with van der Waals surface area (Å²) in [6.45, 7) is -0.534. The van der Waals surface area contributed by atoms with Crippen molar-refractivity contribution in [2.75, 3.05) is 13.7 Å². The van der Waals surface area contributed by atoms with E-state index in [0.29, 0.717) is 23.3 Å². The van der Waals surface area contributed by atoms with Crippen LogP contribution in [0.25, 0.3) is 0 Å². The highest BCUT2D eigenvalue weighted by Gasteiger charge is 2.44. The van der Waals surface area contributed by atoms with Crippen molar-refractivity contribution < 1.29 is 34.6 Å². The number of aliphatic hydroxyl groups is 4. The van der Waals surface area contributed by atoms with Crippen molar-refractivity contribution in [3.05, 3.63) is 59.2 Å². The average Bonchev–Trinajstić information content (AvgIpc) is 2.75. The lowest BCUT2D eigenvalue weighted by molar-refractivity contribution is -0.277. The molecule has 29 heavy (non-hydrogen) atoms. The summed E-state index contributed by atoms with van der Waals surface area (Å²) in [6.07, 6.45) is -0.712. The lowest BCUT2D eigenvalue weighted by Gasteiger charge is -2.39. The maximum Gasteiger partial charge on any atom is 0.229 e. The molecular weight excluding hydrogens is 376 g/mol. The lowest BCUT2D eigenvalue weighted by atomic mass is 9.98. The summed E-state index contributed by atoms with van der Waals surface area (Å²) in [5.74, 6) is 3.73. The zero-order valence-corrected chi connectivity index (χ0v) is 15.9. The summed E-state index contributed by atoms with van der Waals surface area (Å²) in [5.41, 5.74) is 2.28. The normalized spacial score (nSPS) is 26.6. The molecule has 2 aromatic carbocycles. The Labute approximate surface area is 169 Å². The first-order chi connectivity index (χ1) is 14.0. The minimum absolute atomic E-state index is 0.376. The molecule has 4 N–H and O–H groups in total. The van der Waals surface area contributed by atoms with Crippen LogP contribution in [0, 0.1) is 12.3 Å². The van der Waals surface area contributed by atoms with Gasteiger partial charge < -0.3 is 34.6 Å². The van der Waals surface area contributed by atoms with E-state index in [2.05, 4.69) is 5.92 Å². The Morgan fingerprint density at radius 2 is 1.76 bits per heavy atom. The molecule has 0 aliphatic carbocycles. The fraction of sp³-hybridized carbons (Fsp3) is 0.364. The van der Waals surface area contributed by atoms with Crippen LogP contribution in [0.1, 0.15) is 16.7 Å². The van der Waals surface area contributed by atoms with Crippen molar-refractivity contribution in [3.8, 4) is 23.8 Å². The van der Waals surface area contributed by atoms with Crippen molar-refractivity contribution in [1.29, 1.82) is 0 Å². The van der Waals surface area contributed by atoms with Gasteiger partial charge in [-0.1, -0.05) is 24.1 Å². The van der Waals surface area contributed by atoms with Gasteiger partial charge in [0.2, 0.25) is 6.29 Å². The Bertz CT molecular complexity index is 856. The molecule has 0 saturated carbocycles. The molecule has 5 atom stereocenters. The largest absolute Gasteiger partial charge is 0.497 e. The molecule has 0 radical (unpaired) electrons. The molecule has 0 aromatic heterocycles. The van der Waals surface area contributed by atoms with E-state index in [1.807, 2.05) is 24.3 Å². The highest BCUT2D eigenvalue weighted by Crippen LogP contribution is 2.30. The standard InChI is InChI=1S/C22H24O7/c1-3-14-5-4-6-17(16(14)11-13-7-9-15(27-2)10-8-13)28-22-21(26)20(25)19(24)18(12-23)29-22/h1,4-10,18-26H,11-12H2,2H3/t18-,19-,20+,21-,22-/m1/s1. The fourth-order valence-corrected chi connectivity index (χ4v) is 3.23. The Morgan fingerprint density at radius 1 is 1.03 bits per heavy atom. The molecule has 3 rings (SSSR count). The summed E-state index contributed by atoms with van der Waals surface area (Å²) in [5, 5.41) is 39.5. The first-order valence-electron chi connectivity index (χ1n) is 9.17. The number of terminal acetylenes is 1. The van der Waals surface area contributed by atoms with Gasteiger partial charge in [-0.2, -0.15) is 0 Å². The van der Waals surface area contributed by atoms with E-state index in [-0.39, 0.29) is 0 Å². The number of hydrogen-bond acceptors (Lipinski definition) is 7. The van der Waals surface area contributed by atoms with E-state index in [1.54, 1.807) is 25.3 Å². The molecule has 1 aliphatic heterocycles. The second-order valence-electron chi connectivity index (χ2n) is 6.77. The van der Waals surface area contributed by atoms with Crippen LogP contribution in [-0.4, -0.2) is 64.8 Å². The zero-order valence-electron chi connectivity index (χ0n) is 15.9. The van der Waals surface area contributed by atoms with Crippen LogP contribution < -0.4 is 9.47 Å². The number of rotatable bonds is 6. The molecule has 154 valence electrons. The minimum Gasteiger partial charge on any atom is -0.497 e. The van der Waals surface area contributed by atoms with Crippen molar-refractivity contribution in [3.63, 3.8) is 0 Å². The van der Waals surface area contributed by atoms with Crippen LogP contribution in [0.15, 0.2) is 42.5 Å². The van der Waals surface area contributed by atoms with Gasteiger partial charge in [-0.05, 0) is 29.8 Å². The summed E-state index contributed by atoms with van der Waals surface area (Å²) in [7, 11) is 1.59. The summed E-state index contributed by atoms with van der Waals surface area (Å²) < 4.78 is 16.5. The molecule has 1 fully saturated rings. The van der Waals surface area contributed by atoms with Gasteiger partial charge in [0.15, 0.2) is 0 Å². The maximum absolute atomic E-state index is 10.3. The van der Waals surface area contributed by atoms with Crippen LogP contribution in [-0.2, 0) is 11.2 Å².